The number of ether oxygens (including phenoxy) is 2. The number of aromatic hydroxyl groups is 1. The molecule has 0 unspecified atom stereocenters. The number of aliphatic hydroxyl groups excluding tert-OH is 1. The van der Waals surface area contributed by atoms with E-state index in [0.29, 0.717) is 29.8 Å². The minimum Gasteiger partial charge on any atom is -0.507 e. The van der Waals surface area contributed by atoms with Crippen LogP contribution in [0.2, 0.25) is 0 Å². The highest BCUT2D eigenvalue weighted by Gasteiger charge is 2.45. The standard InChI is InChI=1S/C22H24N2O6/c1-29-15-7-4-13(5-8-15)20(26)18-19(14-6-9-16(25)17(12-14)30-2)24(11-3-10-23)22(28)21(18)27/h4-9,12,19,25-26H,3,10-11,23H2,1-2H3/t19-/m1/s1. The summed E-state index contributed by atoms with van der Waals surface area (Å²) in [6, 6.07) is 10.2. The lowest BCUT2D eigenvalue weighted by Crippen LogP contribution is -2.31. The van der Waals surface area contributed by atoms with Gasteiger partial charge in [0.05, 0.1) is 25.8 Å². The lowest BCUT2D eigenvalue weighted by Gasteiger charge is -2.25. The third-order valence-corrected chi connectivity index (χ3v) is 5.03. The minimum absolute atomic E-state index is 0.0325. The molecule has 1 atom stereocenters. The number of methoxy groups -OCH3 is 2. The first-order chi connectivity index (χ1) is 14.4. The van der Waals surface area contributed by atoms with Crippen LogP contribution in [0, 0.1) is 0 Å². The van der Waals surface area contributed by atoms with E-state index in [2.05, 4.69) is 0 Å². The topological polar surface area (TPSA) is 122 Å². The molecular formula is C22H24N2O6. The number of benzene rings is 2. The van der Waals surface area contributed by atoms with E-state index in [0.717, 1.165) is 0 Å². The van der Waals surface area contributed by atoms with E-state index in [1.165, 1.54) is 25.2 Å². The summed E-state index contributed by atoms with van der Waals surface area (Å²) in [6.45, 7) is 0.585. The summed E-state index contributed by atoms with van der Waals surface area (Å²) in [5.41, 5.74) is 6.47. The zero-order valence-corrected chi connectivity index (χ0v) is 16.8. The van der Waals surface area contributed by atoms with Crippen LogP contribution in [0.5, 0.6) is 17.2 Å². The monoisotopic (exact) mass is 412 g/mol. The first-order valence-electron chi connectivity index (χ1n) is 9.42. The number of aliphatic hydroxyl groups is 1. The fourth-order valence-corrected chi connectivity index (χ4v) is 3.49. The molecule has 30 heavy (non-hydrogen) atoms. The third kappa shape index (κ3) is 3.81. The molecule has 4 N–H and O–H groups in total. The van der Waals surface area contributed by atoms with Crippen LogP contribution < -0.4 is 15.2 Å². The molecule has 1 aliphatic rings. The van der Waals surface area contributed by atoms with Crippen LogP contribution in [-0.2, 0) is 9.59 Å². The van der Waals surface area contributed by atoms with Crippen molar-refractivity contribution in [2.45, 2.75) is 12.5 Å². The quantitative estimate of drug-likeness (QED) is 0.362. The molecule has 1 fully saturated rings. The number of nitrogens with two attached hydrogens (primary N) is 1. The van der Waals surface area contributed by atoms with Gasteiger partial charge in [0.1, 0.15) is 11.5 Å². The van der Waals surface area contributed by atoms with Gasteiger partial charge in [0.25, 0.3) is 11.7 Å². The summed E-state index contributed by atoms with van der Waals surface area (Å²) >= 11 is 0. The molecule has 1 saturated heterocycles. The highest BCUT2D eigenvalue weighted by atomic mass is 16.5. The second-order valence-electron chi connectivity index (χ2n) is 6.79. The predicted molar refractivity (Wildman–Crippen MR) is 110 cm³/mol. The Bertz CT molecular complexity index is 984. The Morgan fingerprint density at radius 3 is 2.40 bits per heavy atom. The summed E-state index contributed by atoms with van der Waals surface area (Å²) < 4.78 is 10.3. The summed E-state index contributed by atoms with van der Waals surface area (Å²) in [5.74, 6) is -1.07. The van der Waals surface area contributed by atoms with E-state index in [4.69, 9.17) is 15.2 Å². The normalized spacial score (nSPS) is 18.0. The van der Waals surface area contributed by atoms with Crippen molar-refractivity contribution >= 4 is 17.4 Å². The number of hydrogen-bond donors (Lipinski definition) is 3. The average Bonchev–Trinajstić information content (AvgIpc) is 3.02. The summed E-state index contributed by atoms with van der Waals surface area (Å²) in [7, 11) is 2.93. The molecule has 2 aromatic carbocycles. The molecule has 1 aliphatic heterocycles. The third-order valence-electron chi connectivity index (χ3n) is 5.03. The van der Waals surface area contributed by atoms with E-state index >= 15 is 0 Å². The molecule has 0 aromatic heterocycles. The van der Waals surface area contributed by atoms with Gasteiger partial charge in [-0.25, -0.2) is 0 Å². The van der Waals surface area contributed by atoms with Gasteiger partial charge in [-0.1, -0.05) is 6.07 Å². The van der Waals surface area contributed by atoms with E-state index in [1.807, 2.05) is 0 Å². The fraction of sp³-hybridized carbons (Fsp3) is 0.273. The Morgan fingerprint density at radius 2 is 1.80 bits per heavy atom. The number of phenols is 1. The van der Waals surface area contributed by atoms with E-state index in [-0.39, 0.29) is 29.4 Å². The van der Waals surface area contributed by atoms with Gasteiger partial charge in [-0.2, -0.15) is 0 Å². The van der Waals surface area contributed by atoms with Crippen LogP contribution in [0.4, 0.5) is 0 Å². The van der Waals surface area contributed by atoms with E-state index < -0.39 is 17.7 Å². The number of carbonyl (C=O) groups is 2. The zero-order valence-electron chi connectivity index (χ0n) is 16.8. The van der Waals surface area contributed by atoms with Gasteiger partial charge in [0.2, 0.25) is 0 Å². The van der Waals surface area contributed by atoms with Gasteiger partial charge in [-0.3, -0.25) is 9.59 Å². The second-order valence-corrected chi connectivity index (χ2v) is 6.79. The lowest BCUT2D eigenvalue weighted by molar-refractivity contribution is -0.139. The zero-order chi connectivity index (χ0) is 21.8. The molecule has 0 bridgehead atoms. The predicted octanol–water partition coefficient (Wildman–Crippen LogP) is 2.18. The Kier molecular flexibility index (Phi) is 6.27. The number of amides is 1. The van der Waals surface area contributed by atoms with Crippen molar-refractivity contribution in [3.8, 4) is 17.2 Å². The molecule has 1 heterocycles. The number of Topliss-reactive ketones (excluding diaryl/α,β-unsaturated/α-hetero) is 1. The molecule has 0 aliphatic carbocycles. The smallest absolute Gasteiger partial charge is 0.295 e. The lowest BCUT2D eigenvalue weighted by atomic mass is 9.95. The number of nitrogens with zero attached hydrogens (tertiary/aromatic N) is 1. The van der Waals surface area contributed by atoms with Crippen molar-refractivity contribution in [1.29, 1.82) is 0 Å². The Hall–Kier alpha value is -3.52. The highest BCUT2D eigenvalue weighted by molar-refractivity contribution is 6.46. The average molecular weight is 412 g/mol. The maximum absolute atomic E-state index is 12.9. The van der Waals surface area contributed by atoms with Crippen LogP contribution >= 0.6 is 0 Å². The molecule has 158 valence electrons. The van der Waals surface area contributed by atoms with Gasteiger partial charge < -0.3 is 30.3 Å². The van der Waals surface area contributed by atoms with Crippen LogP contribution in [0.25, 0.3) is 5.76 Å². The molecule has 0 radical (unpaired) electrons. The molecule has 8 nitrogen and oxygen atoms in total. The SMILES string of the molecule is COc1ccc(C(O)=C2C(=O)C(=O)N(CCCN)[C@@H]2c2ccc(O)c(OC)c2)cc1. The van der Waals surface area contributed by atoms with Crippen molar-refractivity contribution < 1.29 is 29.3 Å². The number of carbonyl (C=O) groups excluding carboxylic acids is 2. The van der Waals surface area contributed by atoms with Crippen LogP contribution in [0.15, 0.2) is 48.0 Å². The molecule has 1 amide bonds. The Labute approximate surface area is 174 Å². The van der Waals surface area contributed by atoms with Crippen molar-refractivity contribution in [3.63, 3.8) is 0 Å². The first-order valence-corrected chi connectivity index (χ1v) is 9.42. The van der Waals surface area contributed by atoms with Gasteiger partial charge in [0, 0.05) is 12.1 Å². The van der Waals surface area contributed by atoms with Gasteiger partial charge >= 0.3 is 0 Å². The van der Waals surface area contributed by atoms with Crippen LogP contribution in [-0.4, -0.2) is 54.1 Å². The van der Waals surface area contributed by atoms with Gasteiger partial charge in [-0.15, -0.1) is 0 Å². The number of rotatable bonds is 7. The van der Waals surface area contributed by atoms with E-state index in [9.17, 15) is 19.8 Å². The fourth-order valence-electron chi connectivity index (χ4n) is 3.49. The summed E-state index contributed by atoms with van der Waals surface area (Å²) in [4.78, 5) is 27.0. The number of likely N-dealkylation sites (tertiary alicyclic amines) is 1. The number of ketones is 1. The Morgan fingerprint density at radius 1 is 1.10 bits per heavy atom. The minimum atomic E-state index is -0.840. The maximum atomic E-state index is 12.9. The van der Waals surface area contributed by atoms with E-state index in [1.54, 1.807) is 36.4 Å². The largest absolute Gasteiger partial charge is 0.507 e. The summed E-state index contributed by atoms with van der Waals surface area (Å²) in [5, 5.41) is 20.9. The highest BCUT2D eigenvalue weighted by Crippen LogP contribution is 2.41. The Balaban J connectivity index is 2.16. The van der Waals surface area contributed by atoms with Gasteiger partial charge in [-0.05, 0) is 54.9 Å². The van der Waals surface area contributed by atoms with Crippen LogP contribution in [0.3, 0.4) is 0 Å². The van der Waals surface area contributed by atoms with Crippen molar-refractivity contribution in [3.05, 3.63) is 59.2 Å². The number of hydrogen-bond acceptors (Lipinski definition) is 7. The van der Waals surface area contributed by atoms with Crippen LogP contribution in [0.1, 0.15) is 23.6 Å². The maximum Gasteiger partial charge on any atom is 0.295 e. The molecule has 0 saturated carbocycles. The summed E-state index contributed by atoms with van der Waals surface area (Å²) in [6.07, 6.45) is 0.487. The van der Waals surface area contributed by atoms with Crippen molar-refractivity contribution in [1.82, 2.24) is 4.90 Å². The van der Waals surface area contributed by atoms with Gasteiger partial charge in [0.15, 0.2) is 11.5 Å². The molecule has 8 heteroatoms. The second kappa shape index (κ2) is 8.87. The molecule has 3 rings (SSSR count). The number of phenolic OH excluding ortho intramolecular Hbond substituents is 1. The molecule has 0 spiro atoms. The first kappa shape index (κ1) is 21.2. The molecule has 2 aromatic rings. The molecular weight excluding hydrogens is 388 g/mol. The van der Waals surface area contributed by atoms with Crippen molar-refractivity contribution in [2.75, 3.05) is 27.3 Å². The van der Waals surface area contributed by atoms with Crippen molar-refractivity contribution in [2.24, 2.45) is 5.73 Å².